The third-order valence-electron chi connectivity index (χ3n) is 7.44. The number of ether oxygens (including phenoxy) is 1. The van der Waals surface area contributed by atoms with E-state index in [0.717, 1.165) is 24.0 Å². The first kappa shape index (κ1) is 25.6. The zero-order valence-electron chi connectivity index (χ0n) is 21.5. The van der Waals surface area contributed by atoms with Crippen LogP contribution in [-0.2, 0) is 26.0 Å². The van der Waals surface area contributed by atoms with Crippen molar-refractivity contribution in [3.8, 4) is 5.75 Å². The molecule has 0 radical (unpaired) electrons. The lowest BCUT2D eigenvalue weighted by atomic mass is 9.93. The van der Waals surface area contributed by atoms with E-state index < -0.39 is 11.0 Å². The van der Waals surface area contributed by atoms with Gasteiger partial charge in [0, 0.05) is 24.7 Å². The van der Waals surface area contributed by atoms with E-state index in [4.69, 9.17) is 4.74 Å². The molecular formula is C32H32N2O4. The first-order valence-electron chi connectivity index (χ1n) is 12.9. The second-order valence-electron chi connectivity index (χ2n) is 10.3. The molecule has 1 N–H and O–H groups in total. The molecule has 0 saturated carbocycles. The Morgan fingerprint density at radius 2 is 1.47 bits per heavy atom. The zero-order chi connectivity index (χ0) is 26.5. The van der Waals surface area contributed by atoms with E-state index >= 15 is 0 Å². The Kier molecular flexibility index (Phi) is 7.54. The molecule has 38 heavy (non-hydrogen) atoms. The molecule has 4 aromatic rings. The zero-order valence-corrected chi connectivity index (χ0v) is 21.5. The summed E-state index contributed by atoms with van der Waals surface area (Å²) in [5, 5.41) is 23.3. The molecule has 1 aliphatic carbocycles. The highest BCUT2D eigenvalue weighted by molar-refractivity contribution is 5.49. The number of nitro benzene ring substituents is 1. The molecule has 0 spiro atoms. The molecule has 1 unspecified atom stereocenters. The predicted molar refractivity (Wildman–Crippen MR) is 148 cm³/mol. The van der Waals surface area contributed by atoms with Crippen LogP contribution in [0.4, 0.5) is 5.69 Å². The normalized spacial score (nSPS) is 14.7. The Balaban J connectivity index is 1.37. The van der Waals surface area contributed by atoms with Gasteiger partial charge in [-0.3, -0.25) is 15.0 Å². The summed E-state index contributed by atoms with van der Waals surface area (Å²) in [6.45, 7) is 3.49. The van der Waals surface area contributed by atoms with Gasteiger partial charge in [-0.1, -0.05) is 91.0 Å². The number of rotatable bonds is 10. The molecule has 4 aromatic carbocycles. The van der Waals surface area contributed by atoms with Crippen molar-refractivity contribution in [3.05, 3.63) is 141 Å². The molecule has 0 amide bonds. The number of nitro groups is 1. The van der Waals surface area contributed by atoms with Gasteiger partial charge in [-0.2, -0.15) is 0 Å². The Morgan fingerprint density at radius 1 is 0.895 bits per heavy atom. The third kappa shape index (κ3) is 5.77. The van der Waals surface area contributed by atoms with E-state index in [2.05, 4.69) is 48.2 Å². The van der Waals surface area contributed by atoms with Crippen LogP contribution in [0.25, 0.3) is 0 Å². The molecule has 0 heterocycles. The van der Waals surface area contributed by atoms with Gasteiger partial charge in [0.05, 0.1) is 11.0 Å². The van der Waals surface area contributed by atoms with Crippen LogP contribution in [0.15, 0.2) is 103 Å². The minimum absolute atomic E-state index is 0.147. The van der Waals surface area contributed by atoms with E-state index in [-0.39, 0.29) is 23.6 Å². The topological polar surface area (TPSA) is 75.8 Å². The second kappa shape index (κ2) is 11.2. The molecule has 194 valence electrons. The van der Waals surface area contributed by atoms with Crippen LogP contribution < -0.4 is 4.74 Å². The van der Waals surface area contributed by atoms with Crippen molar-refractivity contribution in [1.82, 2.24) is 4.90 Å². The number of aliphatic hydroxyl groups is 1. The maximum atomic E-state index is 11.9. The summed E-state index contributed by atoms with van der Waals surface area (Å²) in [4.78, 5) is 13.8. The van der Waals surface area contributed by atoms with Gasteiger partial charge in [-0.05, 0) is 53.6 Å². The van der Waals surface area contributed by atoms with Crippen LogP contribution in [0.3, 0.4) is 0 Å². The van der Waals surface area contributed by atoms with Crippen LogP contribution in [-0.4, -0.2) is 27.0 Å². The number of β-amino-alcohol motifs (C(OH)–C–C–N with tert-alkyl or cyclic N) is 1. The molecular weight excluding hydrogens is 476 g/mol. The van der Waals surface area contributed by atoms with E-state index in [1.54, 1.807) is 12.1 Å². The van der Waals surface area contributed by atoms with Gasteiger partial charge in [-0.25, -0.2) is 0 Å². The van der Waals surface area contributed by atoms with E-state index in [0.29, 0.717) is 18.7 Å². The average molecular weight is 509 g/mol. The van der Waals surface area contributed by atoms with Crippen molar-refractivity contribution in [2.45, 2.75) is 44.6 Å². The maximum Gasteiger partial charge on any atom is 0.311 e. The molecule has 6 nitrogen and oxygen atoms in total. The summed E-state index contributed by atoms with van der Waals surface area (Å²) in [5.41, 5.74) is 4.91. The van der Waals surface area contributed by atoms with Gasteiger partial charge >= 0.3 is 5.69 Å². The predicted octanol–water partition coefficient (Wildman–Crippen LogP) is 6.27. The van der Waals surface area contributed by atoms with Crippen LogP contribution in [0.1, 0.15) is 40.8 Å². The van der Waals surface area contributed by atoms with Gasteiger partial charge < -0.3 is 9.84 Å². The highest BCUT2D eigenvalue weighted by Crippen LogP contribution is 2.37. The van der Waals surface area contributed by atoms with Gasteiger partial charge in [-0.15, -0.1) is 0 Å². The molecule has 0 fully saturated rings. The quantitative estimate of drug-likeness (QED) is 0.202. The van der Waals surface area contributed by atoms with Crippen molar-refractivity contribution in [1.29, 1.82) is 0 Å². The number of benzene rings is 4. The number of aliphatic hydroxyl groups excluding tert-OH is 1. The van der Waals surface area contributed by atoms with Gasteiger partial charge in [0.25, 0.3) is 0 Å². The largest absolute Gasteiger partial charge is 0.482 e. The Bertz CT molecular complexity index is 1370. The smallest absolute Gasteiger partial charge is 0.311 e. The van der Waals surface area contributed by atoms with Gasteiger partial charge in [0.15, 0.2) is 5.75 Å². The summed E-state index contributed by atoms with van der Waals surface area (Å²) < 4.78 is 5.78. The molecule has 1 atom stereocenters. The Morgan fingerprint density at radius 3 is 2.08 bits per heavy atom. The standard InChI is InChI=1S/C32H32N2O4/c1-32(19-27-14-8-9-15-28(27)20-32)33(21-24-10-4-2-5-11-24)22-30(35)26-16-17-31(29(18-26)34(36)37)38-23-25-12-6-3-7-13-25/h2-18,30,35H,19-23H2,1H3. The van der Waals surface area contributed by atoms with Gasteiger partial charge in [0.1, 0.15) is 6.61 Å². The van der Waals surface area contributed by atoms with Crippen molar-refractivity contribution in [2.75, 3.05) is 6.54 Å². The fraction of sp³-hybridized carbons (Fsp3) is 0.250. The number of fused-ring (bicyclic) bond motifs is 1. The summed E-state index contributed by atoms with van der Waals surface area (Å²) >= 11 is 0. The molecule has 6 heteroatoms. The van der Waals surface area contributed by atoms with Crippen LogP contribution in [0.2, 0.25) is 0 Å². The minimum atomic E-state index is -0.902. The summed E-state index contributed by atoms with van der Waals surface area (Å²) in [7, 11) is 0. The summed E-state index contributed by atoms with van der Waals surface area (Å²) in [6, 6.07) is 33.0. The summed E-state index contributed by atoms with van der Waals surface area (Å²) in [6.07, 6.45) is 0.866. The Hall–Kier alpha value is -4.00. The number of hydrogen-bond acceptors (Lipinski definition) is 5. The fourth-order valence-electron chi connectivity index (χ4n) is 5.34. The first-order chi connectivity index (χ1) is 18.4. The van der Waals surface area contributed by atoms with E-state index in [1.165, 1.54) is 17.2 Å². The molecule has 0 saturated heterocycles. The minimum Gasteiger partial charge on any atom is -0.482 e. The molecule has 0 aromatic heterocycles. The van der Waals surface area contributed by atoms with Crippen molar-refractivity contribution < 1.29 is 14.8 Å². The SMILES string of the molecule is CC1(N(Cc2ccccc2)CC(O)c2ccc(OCc3ccccc3)c([N+](=O)[O-])c2)Cc2ccccc2C1. The highest BCUT2D eigenvalue weighted by Gasteiger charge is 2.39. The van der Waals surface area contributed by atoms with Crippen LogP contribution in [0, 0.1) is 10.1 Å². The van der Waals surface area contributed by atoms with Crippen LogP contribution >= 0.6 is 0 Å². The van der Waals surface area contributed by atoms with E-state index in [1.807, 2.05) is 48.5 Å². The van der Waals surface area contributed by atoms with Crippen molar-refractivity contribution >= 4 is 5.69 Å². The summed E-state index contributed by atoms with van der Waals surface area (Å²) in [5.74, 6) is 0.189. The molecule has 0 bridgehead atoms. The number of nitrogens with zero attached hydrogens (tertiary/aromatic N) is 2. The lowest BCUT2D eigenvalue weighted by Crippen LogP contribution is -2.48. The van der Waals surface area contributed by atoms with Gasteiger partial charge in [0.2, 0.25) is 0 Å². The van der Waals surface area contributed by atoms with Crippen LogP contribution in [0.5, 0.6) is 5.75 Å². The maximum absolute atomic E-state index is 11.9. The third-order valence-corrected chi connectivity index (χ3v) is 7.44. The molecule has 1 aliphatic rings. The van der Waals surface area contributed by atoms with E-state index in [9.17, 15) is 15.2 Å². The number of hydrogen-bond donors (Lipinski definition) is 1. The van der Waals surface area contributed by atoms with Crippen molar-refractivity contribution in [2.24, 2.45) is 0 Å². The second-order valence-corrected chi connectivity index (χ2v) is 10.3. The monoisotopic (exact) mass is 508 g/mol. The lowest BCUT2D eigenvalue weighted by molar-refractivity contribution is -0.386. The van der Waals surface area contributed by atoms with Crippen molar-refractivity contribution in [3.63, 3.8) is 0 Å². The Labute approximate surface area is 223 Å². The highest BCUT2D eigenvalue weighted by atomic mass is 16.6. The molecule has 5 rings (SSSR count). The average Bonchev–Trinajstić information content (AvgIpc) is 3.30. The molecule has 0 aliphatic heterocycles. The first-order valence-corrected chi connectivity index (χ1v) is 12.9. The lowest BCUT2D eigenvalue weighted by Gasteiger charge is -2.40. The fourth-order valence-corrected chi connectivity index (χ4v) is 5.34.